The van der Waals surface area contributed by atoms with E-state index in [2.05, 4.69) is 22.4 Å². The third kappa shape index (κ3) is 3.73. The predicted octanol–water partition coefficient (Wildman–Crippen LogP) is 3.07. The van der Waals surface area contributed by atoms with Crippen LogP contribution >= 0.6 is 0 Å². The number of hydrogen-bond donors (Lipinski definition) is 1. The summed E-state index contributed by atoms with van der Waals surface area (Å²) in [6, 6.07) is 0.343. The molecule has 1 atom stereocenters. The third-order valence-corrected chi connectivity index (χ3v) is 3.44. The van der Waals surface area contributed by atoms with Gasteiger partial charge in [-0.3, -0.25) is 0 Å². The summed E-state index contributed by atoms with van der Waals surface area (Å²) in [6.07, 6.45) is 3.73. The fraction of sp³-hybridized carbons (Fsp3) is 0.833. The molecule has 0 saturated heterocycles. The monoisotopic (exact) mass is 259 g/mol. The Morgan fingerprint density at radius 3 is 2.72 bits per heavy atom. The third-order valence-electron chi connectivity index (χ3n) is 3.44. The molecule has 1 heterocycles. The molecule has 1 aromatic heterocycles. The Bertz CT molecular complexity index is 364. The summed E-state index contributed by atoms with van der Waals surface area (Å²) in [6.45, 7) is 2.45. The molecule has 1 unspecified atom stereocenters. The second-order valence-corrected chi connectivity index (χ2v) is 5.02. The van der Waals surface area contributed by atoms with E-state index in [9.17, 15) is 8.78 Å². The van der Waals surface area contributed by atoms with Gasteiger partial charge in [0.05, 0.1) is 6.54 Å². The fourth-order valence-electron chi connectivity index (χ4n) is 2.52. The molecule has 1 N–H and O–H groups in total. The van der Waals surface area contributed by atoms with E-state index in [1.165, 1.54) is 25.7 Å². The minimum Gasteiger partial charge on any atom is -0.338 e. The van der Waals surface area contributed by atoms with Crippen LogP contribution in [0.4, 0.5) is 8.78 Å². The molecule has 1 aliphatic rings. The smallest absolute Gasteiger partial charge is 0.300 e. The molecule has 1 fully saturated rings. The highest BCUT2D eigenvalue weighted by Gasteiger charge is 2.19. The molecule has 0 bridgehead atoms. The molecule has 1 saturated carbocycles. The van der Waals surface area contributed by atoms with Crippen LogP contribution in [-0.4, -0.2) is 16.2 Å². The van der Waals surface area contributed by atoms with Gasteiger partial charge in [-0.1, -0.05) is 30.8 Å². The van der Waals surface area contributed by atoms with Crippen LogP contribution < -0.4 is 5.32 Å². The number of rotatable bonds is 6. The molecule has 2 rings (SSSR count). The Morgan fingerprint density at radius 2 is 2.11 bits per heavy atom. The average Bonchev–Trinajstić information content (AvgIpc) is 2.96. The van der Waals surface area contributed by atoms with Crippen LogP contribution in [0, 0.1) is 5.92 Å². The Morgan fingerprint density at radius 1 is 1.39 bits per heavy atom. The maximum absolute atomic E-state index is 12.2. The Balaban J connectivity index is 1.72. The normalized spacial score (nSPS) is 18.7. The molecule has 0 spiro atoms. The summed E-state index contributed by atoms with van der Waals surface area (Å²) in [5.74, 6) is 0.491. The summed E-state index contributed by atoms with van der Waals surface area (Å²) in [4.78, 5) is 3.62. The van der Waals surface area contributed by atoms with Crippen molar-refractivity contribution >= 4 is 0 Å². The number of aromatic nitrogens is 2. The molecule has 1 aliphatic carbocycles. The van der Waals surface area contributed by atoms with Gasteiger partial charge >= 0.3 is 6.43 Å². The lowest BCUT2D eigenvalue weighted by Gasteiger charge is -2.16. The van der Waals surface area contributed by atoms with Crippen molar-refractivity contribution < 1.29 is 13.3 Å². The molecular weight excluding hydrogens is 240 g/mol. The first-order valence-corrected chi connectivity index (χ1v) is 6.49. The van der Waals surface area contributed by atoms with E-state index in [0.717, 1.165) is 12.3 Å². The standard InChI is InChI=1S/C12H19F2N3O/c1-8(6-9-4-2-3-5-9)15-7-10-16-12(11(13)14)17-18-10/h8-9,11,15H,2-7H2,1H3. The minimum atomic E-state index is -2.67. The summed E-state index contributed by atoms with van der Waals surface area (Å²) >= 11 is 0. The van der Waals surface area contributed by atoms with Gasteiger partial charge in [-0.15, -0.1) is 0 Å². The van der Waals surface area contributed by atoms with Crippen LogP contribution in [0.25, 0.3) is 0 Å². The van der Waals surface area contributed by atoms with Crippen LogP contribution in [0.5, 0.6) is 0 Å². The fourth-order valence-corrected chi connectivity index (χ4v) is 2.52. The number of halogens is 2. The maximum atomic E-state index is 12.2. The zero-order chi connectivity index (χ0) is 13.0. The van der Waals surface area contributed by atoms with Gasteiger partial charge in [-0.2, -0.15) is 4.98 Å². The van der Waals surface area contributed by atoms with Crippen molar-refractivity contribution in [2.45, 2.75) is 58.0 Å². The zero-order valence-corrected chi connectivity index (χ0v) is 10.5. The summed E-state index contributed by atoms with van der Waals surface area (Å²) < 4.78 is 29.2. The highest BCUT2D eigenvalue weighted by Crippen LogP contribution is 2.28. The van der Waals surface area contributed by atoms with Crippen LogP contribution in [0.3, 0.4) is 0 Å². The van der Waals surface area contributed by atoms with Gasteiger partial charge in [0.2, 0.25) is 11.7 Å². The van der Waals surface area contributed by atoms with E-state index in [-0.39, 0.29) is 5.89 Å². The first-order valence-electron chi connectivity index (χ1n) is 6.49. The molecule has 0 aromatic carbocycles. The van der Waals surface area contributed by atoms with Gasteiger partial charge in [-0.25, -0.2) is 8.78 Å². The molecular formula is C12H19F2N3O. The van der Waals surface area contributed by atoms with Crippen molar-refractivity contribution in [3.8, 4) is 0 Å². The second-order valence-electron chi connectivity index (χ2n) is 5.02. The van der Waals surface area contributed by atoms with Crippen molar-refractivity contribution in [1.29, 1.82) is 0 Å². The molecule has 0 aliphatic heterocycles. The first kappa shape index (κ1) is 13.4. The Kier molecular flexibility index (Phi) is 4.63. The van der Waals surface area contributed by atoms with Crippen LogP contribution in [-0.2, 0) is 6.54 Å². The zero-order valence-electron chi connectivity index (χ0n) is 10.5. The first-order chi connectivity index (χ1) is 8.65. The van der Waals surface area contributed by atoms with Gasteiger partial charge < -0.3 is 9.84 Å². The molecule has 18 heavy (non-hydrogen) atoms. The van der Waals surface area contributed by atoms with Gasteiger partial charge in [0, 0.05) is 6.04 Å². The topological polar surface area (TPSA) is 51.0 Å². The summed E-state index contributed by atoms with van der Waals surface area (Å²) in [5.41, 5.74) is 0. The number of nitrogens with one attached hydrogen (secondary N) is 1. The van der Waals surface area contributed by atoms with E-state index in [1.807, 2.05) is 0 Å². The summed E-state index contributed by atoms with van der Waals surface area (Å²) in [5, 5.41) is 6.46. The number of hydrogen-bond acceptors (Lipinski definition) is 4. The van der Waals surface area contributed by atoms with Crippen LogP contribution in [0.1, 0.15) is 57.2 Å². The van der Waals surface area contributed by atoms with E-state index < -0.39 is 12.2 Å². The van der Waals surface area contributed by atoms with Gasteiger partial charge in [-0.05, 0) is 19.3 Å². The lowest BCUT2D eigenvalue weighted by Crippen LogP contribution is -2.27. The molecule has 6 heteroatoms. The quantitative estimate of drug-likeness (QED) is 0.853. The SMILES string of the molecule is CC(CC1CCCC1)NCc1nc(C(F)F)no1. The van der Waals surface area contributed by atoms with E-state index in [4.69, 9.17) is 4.52 Å². The van der Waals surface area contributed by atoms with Crippen molar-refractivity contribution in [2.75, 3.05) is 0 Å². The van der Waals surface area contributed by atoms with Crippen molar-refractivity contribution in [3.05, 3.63) is 11.7 Å². The van der Waals surface area contributed by atoms with Crippen molar-refractivity contribution in [1.82, 2.24) is 15.5 Å². The van der Waals surface area contributed by atoms with Gasteiger partial charge in [0.25, 0.3) is 0 Å². The lowest BCUT2D eigenvalue weighted by atomic mass is 9.99. The van der Waals surface area contributed by atoms with E-state index in [0.29, 0.717) is 12.6 Å². The van der Waals surface area contributed by atoms with Crippen LogP contribution in [0.2, 0.25) is 0 Å². The van der Waals surface area contributed by atoms with Gasteiger partial charge in [0.15, 0.2) is 0 Å². The molecule has 102 valence electrons. The van der Waals surface area contributed by atoms with Crippen molar-refractivity contribution in [3.63, 3.8) is 0 Å². The highest BCUT2D eigenvalue weighted by atomic mass is 19.3. The highest BCUT2D eigenvalue weighted by molar-refractivity contribution is 4.87. The molecule has 4 nitrogen and oxygen atoms in total. The van der Waals surface area contributed by atoms with Crippen LogP contribution in [0.15, 0.2) is 4.52 Å². The average molecular weight is 259 g/mol. The Labute approximate surface area is 105 Å². The second kappa shape index (κ2) is 6.22. The van der Waals surface area contributed by atoms with E-state index >= 15 is 0 Å². The predicted molar refractivity (Wildman–Crippen MR) is 62.1 cm³/mol. The maximum Gasteiger partial charge on any atom is 0.300 e. The van der Waals surface area contributed by atoms with E-state index in [1.54, 1.807) is 0 Å². The molecule has 0 radical (unpaired) electrons. The minimum absolute atomic E-state index is 0.226. The van der Waals surface area contributed by atoms with Crippen molar-refractivity contribution in [2.24, 2.45) is 5.92 Å². The summed E-state index contributed by atoms with van der Waals surface area (Å²) in [7, 11) is 0. The Hall–Kier alpha value is -1.04. The lowest BCUT2D eigenvalue weighted by molar-refractivity contribution is 0.136. The number of alkyl halides is 2. The van der Waals surface area contributed by atoms with Gasteiger partial charge in [0.1, 0.15) is 0 Å². The molecule has 1 aromatic rings. The molecule has 0 amide bonds. The number of nitrogens with zero attached hydrogens (tertiary/aromatic N) is 2. The largest absolute Gasteiger partial charge is 0.338 e.